The molecule has 2 heterocycles. The molecule has 4 rings (SSSR count). The van der Waals surface area contributed by atoms with E-state index in [0.717, 1.165) is 41.2 Å². The van der Waals surface area contributed by atoms with Gasteiger partial charge in [-0.25, -0.2) is 9.18 Å². The van der Waals surface area contributed by atoms with E-state index in [2.05, 4.69) is 10.6 Å². The molecule has 0 unspecified atom stereocenters. The molecule has 0 saturated carbocycles. The minimum absolute atomic E-state index is 0.0858. The van der Waals surface area contributed by atoms with Crippen LogP contribution < -0.4 is 10.6 Å². The minimum Gasteiger partial charge on any atom is -0.348 e. The molecule has 1 fully saturated rings. The third-order valence-electron chi connectivity index (χ3n) is 5.20. The van der Waals surface area contributed by atoms with E-state index in [1.807, 2.05) is 36.4 Å². The average molecular weight is 450 g/mol. The number of hydrogen-bond acceptors (Lipinski definition) is 3. The van der Waals surface area contributed by atoms with Gasteiger partial charge in [-0.05, 0) is 54.8 Å². The van der Waals surface area contributed by atoms with Gasteiger partial charge in [0.05, 0.1) is 0 Å². The molecule has 7 heteroatoms. The highest BCUT2D eigenvalue weighted by atomic mass is 32.1. The second kappa shape index (κ2) is 10.2. The number of urea groups is 1. The number of nitrogens with one attached hydrogen (secondary N) is 2. The number of carbonyl (C=O) groups excluding carboxylic acids is 2. The normalized spacial score (nSPS) is 13.5. The second-order valence-electron chi connectivity index (χ2n) is 7.56. The van der Waals surface area contributed by atoms with E-state index >= 15 is 0 Å². The maximum atomic E-state index is 13.9. The van der Waals surface area contributed by atoms with E-state index in [1.54, 1.807) is 29.2 Å². The van der Waals surface area contributed by atoms with Crippen LogP contribution in [0.4, 0.5) is 14.9 Å². The Morgan fingerprint density at radius 3 is 2.66 bits per heavy atom. The van der Waals surface area contributed by atoms with Crippen LogP contribution in [0.15, 0.2) is 66.7 Å². The molecule has 0 radical (unpaired) electrons. The Hall–Kier alpha value is -3.45. The molecule has 3 aromatic rings. The summed E-state index contributed by atoms with van der Waals surface area (Å²) in [6.45, 7) is 1.93. The number of rotatable bonds is 6. The molecule has 0 spiro atoms. The van der Waals surface area contributed by atoms with Gasteiger partial charge in [-0.1, -0.05) is 30.3 Å². The van der Waals surface area contributed by atoms with Crippen molar-refractivity contribution in [1.82, 2.24) is 10.2 Å². The number of halogens is 1. The minimum atomic E-state index is -0.263. The van der Waals surface area contributed by atoms with Crippen molar-refractivity contribution in [3.63, 3.8) is 0 Å². The van der Waals surface area contributed by atoms with Crippen LogP contribution in [0.2, 0.25) is 0 Å². The highest BCUT2D eigenvalue weighted by molar-refractivity contribution is 7.16. The molecule has 1 aromatic heterocycles. The summed E-state index contributed by atoms with van der Waals surface area (Å²) in [4.78, 5) is 28.0. The van der Waals surface area contributed by atoms with Gasteiger partial charge in [0.15, 0.2) is 0 Å². The lowest BCUT2D eigenvalue weighted by Gasteiger charge is -2.16. The van der Waals surface area contributed by atoms with Gasteiger partial charge in [0, 0.05) is 46.7 Å². The molecule has 1 aliphatic heterocycles. The zero-order valence-corrected chi connectivity index (χ0v) is 18.3. The lowest BCUT2D eigenvalue weighted by molar-refractivity contribution is -0.116. The lowest BCUT2D eigenvalue weighted by Crippen LogP contribution is -2.32. The predicted octanol–water partition coefficient (Wildman–Crippen LogP) is 5.51. The van der Waals surface area contributed by atoms with Gasteiger partial charge in [-0.15, -0.1) is 11.3 Å². The average Bonchev–Trinajstić information content (AvgIpc) is 3.49. The van der Waals surface area contributed by atoms with Gasteiger partial charge in [0.1, 0.15) is 5.82 Å². The fraction of sp³-hybridized carbons (Fsp3) is 0.200. The van der Waals surface area contributed by atoms with Crippen molar-refractivity contribution in [2.75, 3.05) is 18.4 Å². The molecule has 2 N–H and O–H groups in total. The number of nitrogens with zero attached hydrogens (tertiary/aromatic N) is 1. The van der Waals surface area contributed by atoms with Crippen molar-refractivity contribution in [2.45, 2.75) is 19.4 Å². The summed E-state index contributed by atoms with van der Waals surface area (Å²) in [5.41, 5.74) is 2.16. The molecule has 164 valence electrons. The molecule has 0 bridgehead atoms. The van der Waals surface area contributed by atoms with E-state index in [0.29, 0.717) is 17.8 Å². The topological polar surface area (TPSA) is 61.4 Å². The largest absolute Gasteiger partial charge is 0.348 e. The molecule has 32 heavy (non-hydrogen) atoms. The van der Waals surface area contributed by atoms with Crippen LogP contribution >= 0.6 is 11.3 Å². The standard InChI is InChI=1S/C25H24FN3O2S/c26-22-9-2-1-8-21(22)23-12-10-20(32-23)11-13-24(30)27-17-18-6-5-7-19(16-18)28-25(31)29-14-3-4-15-29/h1-2,5-13,16H,3-4,14-15,17H2,(H,27,30)(H,28,31)/b13-11+. The SMILES string of the molecule is O=C(/C=C/c1ccc(-c2ccccc2F)s1)NCc1cccc(NC(=O)N2CCCC2)c1. The number of hydrogen-bond donors (Lipinski definition) is 2. The van der Waals surface area contributed by atoms with Gasteiger partial charge in [0.25, 0.3) is 0 Å². The van der Waals surface area contributed by atoms with E-state index in [1.165, 1.54) is 23.5 Å². The number of likely N-dealkylation sites (tertiary alicyclic amines) is 1. The Balaban J connectivity index is 1.30. The van der Waals surface area contributed by atoms with E-state index in [4.69, 9.17) is 0 Å². The first-order valence-electron chi connectivity index (χ1n) is 10.5. The zero-order valence-electron chi connectivity index (χ0n) is 17.5. The molecular formula is C25H24FN3O2S. The van der Waals surface area contributed by atoms with Crippen LogP contribution in [0.3, 0.4) is 0 Å². The van der Waals surface area contributed by atoms with Crippen LogP contribution in [0, 0.1) is 5.82 Å². The van der Waals surface area contributed by atoms with Crippen LogP contribution in [-0.4, -0.2) is 29.9 Å². The molecule has 0 atom stereocenters. The van der Waals surface area contributed by atoms with Gasteiger partial charge in [-0.3, -0.25) is 4.79 Å². The Labute approximate surface area is 190 Å². The third-order valence-corrected chi connectivity index (χ3v) is 6.29. The molecule has 0 aliphatic carbocycles. The summed E-state index contributed by atoms with van der Waals surface area (Å²) in [5, 5.41) is 5.76. The maximum Gasteiger partial charge on any atom is 0.321 e. The monoisotopic (exact) mass is 449 g/mol. The van der Waals surface area contributed by atoms with E-state index < -0.39 is 0 Å². The van der Waals surface area contributed by atoms with Gasteiger partial charge < -0.3 is 15.5 Å². The first-order chi connectivity index (χ1) is 15.6. The van der Waals surface area contributed by atoms with E-state index in [-0.39, 0.29) is 17.8 Å². The van der Waals surface area contributed by atoms with Crippen LogP contribution in [-0.2, 0) is 11.3 Å². The number of anilines is 1. The van der Waals surface area contributed by atoms with Crippen molar-refractivity contribution in [3.05, 3.63) is 83.0 Å². The first kappa shape index (κ1) is 21.8. The Morgan fingerprint density at radius 1 is 1.03 bits per heavy atom. The number of amides is 3. The quantitative estimate of drug-likeness (QED) is 0.488. The van der Waals surface area contributed by atoms with Crippen molar-refractivity contribution in [1.29, 1.82) is 0 Å². The first-order valence-corrected chi connectivity index (χ1v) is 11.4. The summed E-state index contributed by atoms with van der Waals surface area (Å²) in [6.07, 6.45) is 5.28. The third kappa shape index (κ3) is 5.62. The van der Waals surface area contributed by atoms with Gasteiger partial charge in [-0.2, -0.15) is 0 Å². The Morgan fingerprint density at radius 2 is 1.84 bits per heavy atom. The Bertz CT molecular complexity index is 1140. The summed E-state index contributed by atoms with van der Waals surface area (Å²) in [5.74, 6) is -0.487. The Kier molecular flexibility index (Phi) is 6.97. The van der Waals surface area contributed by atoms with Crippen LogP contribution in [0.1, 0.15) is 23.3 Å². The van der Waals surface area contributed by atoms with Crippen molar-refractivity contribution in [2.24, 2.45) is 0 Å². The number of carbonyl (C=O) groups is 2. The summed E-state index contributed by atoms with van der Waals surface area (Å²) < 4.78 is 13.9. The molecule has 3 amide bonds. The highest BCUT2D eigenvalue weighted by Gasteiger charge is 2.17. The van der Waals surface area contributed by atoms with Crippen molar-refractivity contribution >= 4 is 35.0 Å². The second-order valence-corrected chi connectivity index (χ2v) is 8.67. The molecule has 1 saturated heterocycles. The fourth-order valence-corrected chi connectivity index (χ4v) is 4.47. The van der Waals surface area contributed by atoms with E-state index in [9.17, 15) is 14.0 Å². The van der Waals surface area contributed by atoms with Gasteiger partial charge in [0.2, 0.25) is 5.91 Å². The lowest BCUT2D eigenvalue weighted by atomic mass is 10.2. The fourth-order valence-electron chi connectivity index (χ4n) is 3.54. The number of benzene rings is 2. The smallest absolute Gasteiger partial charge is 0.321 e. The van der Waals surface area contributed by atoms with Gasteiger partial charge >= 0.3 is 6.03 Å². The van der Waals surface area contributed by atoms with Crippen molar-refractivity contribution < 1.29 is 14.0 Å². The molecule has 2 aromatic carbocycles. The summed E-state index contributed by atoms with van der Waals surface area (Å²) >= 11 is 1.42. The van der Waals surface area contributed by atoms with Crippen LogP contribution in [0.5, 0.6) is 0 Å². The zero-order chi connectivity index (χ0) is 22.3. The summed E-state index contributed by atoms with van der Waals surface area (Å²) in [7, 11) is 0. The maximum absolute atomic E-state index is 13.9. The number of thiophene rings is 1. The molecule has 5 nitrogen and oxygen atoms in total. The summed E-state index contributed by atoms with van der Waals surface area (Å²) in [6, 6.07) is 17.7. The predicted molar refractivity (Wildman–Crippen MR) is 127 cm³/mol. The van der Waals surface area contributed by atoms with Crippen LogP contribution in [0.25, 0.3) is 16.5 Å². The molecule has 1 aliphatic rings. The molecular weight excluding hydrogens is 425 g/mol. The highest BCUT2D eigenvalue weighted by Crippen LogP contribution is 2.30. The van der Waals surface area contributed by atoms with Crippen molar-refractivity contribution in [3.8, 4) is 10.4 Å².